The van der Waals surface area contributed by atoms with E-state index in [1.807, 2.05) is 6.92 Å². The van der Waals surface area contributed by atoms with Crippen molar-refractivity contribution in [3.05, 3.63) is 22.7 Å². The van der Waals surface area contributed by atoms with E-state index < -0.39 is 0 Å². The summed E-state index contributed by atoms with van der Waals surface area (Å²) < 4.78 is 0. The summed E-state index contributed by atoms with van der Waals surface area (Å²) >= 11 is 0. The van der Waals surface area contributed by atoms with Crippen molar-refractivity contribution < 1.29 is 5.11 Å². The van der Waals surface area contributed by atoms with Gasteiger partial charge in [-0.25, -0.2) is 4.98 Å². The standard InChI is InChI=1S/C8H13N3O2/c1-6(5-12)11(2)7-8(13)10-4-3-9-7/h3-4,6,12H,5H2,1-2H3,(H,10,13)/t6-/m0/s1. The molecule has 1 rings (SSSR count). The molecule has 0 aliphatic rings. The molecule has 0 bridgehead atoms. The van der Waals surface area contributed by atoms with Crippen molar-refractivity contribution in [1.82, 2.24) is 9.97 Å². The summed E-state index contributed by atoms with van der Waals surface area (Å²) in [6.07, 6.45) is 2.99. The molecule has 0 saturated heterocycles. The number of aromatic nitrogens is 2. The molecule has 1 heterocycles. The van der Waals surface area contributed by atoms with E-state index in [1.54, 1.807) is 11.9 Å². The zero-order valence-electron chi connectivity index (χ0n) is 7.69. The Kier molecular flexibility index (Phi) is 3.02. The van der Waals surface area contributed by atoms with E-state index in [2.05, 4.69) is 9.97 Å². The fourth-order valence-corrected chi connectivity index (χ4v) is 0.926. The van der Waals surface area contributed by atoms with Gasteiger partial charge in [0.25, 0.3) is 5.56 Å². The van der Waals surface area contributed by atoms with Gasteiger partial charge in [-0.05, 0) is 6.92 Å². The molecular formula is C8H13N3O2. The summed E-state index contributed by atoms with van der Waals surface area (Å²) in [7, 11) is 1.72. The van der Waals surface area contributed by atoms with Crippen molar-refractivity contribution in [3.63, 3.8) is 0 Å². The number of nitrogens with zero attached hydrogens (tertiary/aromatic N) is 2. The Morgan fingerprint density at radius 1 is 1.77 bits per heavy atom. The first-order valence-corrected chi connectivity index (χ1v) is 4.04. The highest BCUT2D eigenvalue weighted by molar-refractivity contribution is 5.34. The second kappa shape index (κ2) is 4.04. The highest BCUT2D eigenvalue weighted by Crippen LogP contribution is 2.03. The van der Waals surface area contributed by atoms with Crippen LogP contribution in [0.4, 0.5) is 5.82 Å². The van der Waals surface area contributed by atoms with Crippen LogP contribution in [0.1, 0.15) is 6.92 Å². The van der Waals surface area contributed by atoms with Gasteiger partial charge in [-0.3, -0.25) is 4.79 Å². The van der Waals surface area contributed by atoms with Crippen LogP contribution in [0.25, 0.3) is 0 Å². The van der Waals surface area contributed by atoms with Crippen molar-refractivity contribution in [2.75, 3.05) is 18.6 Å². The highest BCUT2D eigenvalue weighted by Gasteiger charge is 2.12. The minimum atomic E-state index is -0.245. The lowest BCUT2D eigenvalue weighted by Gasteiger charge is -2.22. The van der Waals surface area contributed by atoms with E-state index in [0.29, 0.717) is 5.82 Å². The number of hydrogen-bond donors (Lipinski definition) is 2. The Balaban J connectivity index is 2.95. The molecule has 2 N–H and O–H groups in total. The first kappa shape index (κ1) is 9.73. The third kappa shape index (κ3) is 2.06. The molecule has 0 saturated carbocycles. The molecule has 0 amide bonds. The second-order valence-corrected chi connectivity index (χ2v) is 2.88. The molecule has 0 aromatic carbocycles. The van der Waals surface area contributed by atoms with Crippen LogP contribution in [0.15, 0.2) is 17.2 Å². The number of rotatable bonds is 3. The van der Waals surface area contributed by atoms with E-state index in [-0.39, 0.29) is 18.2 Å². The van der Waals surface area contributed by atoms with Gasteiger partial charge in [-0.2, -0.15) is 0 Å². The zero-order valence-corrected chi connectivity index (χ0v) is 7.69. The van der Waals surface area contributed by atoms with Crippen molar-refractivity contribution in [1.29, 1.82) is 0 Å². The Bertz CT molecular complexity index is 323. The number of nitrogens with one attached hydrogen (secondary N) is 1. The first-order valence-electron chi connectivity index (χ1n) is 4.04. The van der Waals surface area contributed by atoms with Gasteiger partial charge in [-0.15, -0.1) is 0 Å². The van der Waals surface area contributed by atoms with Crippen molar-refractivity contribution in [2.45, 2.75) is 13.0 Å². The molecule has 5 nitrogen and oxygen atoms in total. The summed E-state index contributed by atoms with van der Waals surface area (Å²) in [5, 5.41) is 8.88. The lowest BCUT2D eigenvalue weighted by Crippen LogP contribution is -2.36. The van der Waals surface area contributed by atoms with E-state index in [1.165, 1.54) is 12.4 Å². The van der Waals surface area contributed by atoms with E-state index >= 15 is 0 Å². The SMILES string of the molecule is C[C@@H](CO)N(C)c1ncc[nH]c1=O. The van der Waals surface area contributed by atoms with Gasteiger partial charge in [0.2, 0.25) is 0 Å². The molecular weight excluding hydrogens is 170 g/mol. The number of hydrogen-bond acceptors (Lipinski definition) is 4. The fourth-order valence-electron chi connectivity index (χ4n) is 0.926. The van der Waals surface area contributed by atoms with E-state index in [0.717, 1.165) is 0 Å². The average molecular weight is 183 g/mol. The third-order valence-electron chi connectivity index (χ3n) is 1.95. The van der Waals surface area contributed by atoms with Gasteiger partial charge in [0.15, 0.2) is 5.82 Å². The summed E-state index contributed by atoms with van der Waals surface area (Å²) in [5.74, 6) is 0.323. The lowest BCUT2D eigenvalue weighted by molar-refractivity contribution is 0.269. The van der Waals surface area contributed by atoms with Gasteiger partial charge in [0.05, 0.1) is 12.6 Å². The number of H-pyrrole nitrogens is 1. The van der Waals surface area contributed by atoms with Gasteiger partial charge in [-0.1, -0.05) is 0 Å². The van der Waals surface area contributed by atoms with E-state index in [9.17, 15) is 4.79 Å². The molecule has 0 fully saturated rings. The molecule has 0 aliphatic carbocycles. The predicted molar refractivity (Wildman–Crippen MR) is 49.8 cm³/mol. The smallest absolute Gasteiger partial charge is 0.290 e. The Morgan fingerprint density at radius 3 is 3.00 bits per heavy atom. The van der Waals surface area contributed by atoms with Crippen LogP contribution >= 0.6 is 0 Å². The van der Waals surface area contributed by atoms with Crippen LogP contribution in [0, 0.1) is 0 Å². The summed E-state index contributed by atoms with van der Waals surface area (Å²) in [6, 6.07) is -0.115. The Morgan fingerprint density at radius 2 is 2.46 bits per heavy atom. The van der Waals surface area contributed by atoms with Crippen LogP contribution in [-0.4, -0.2) is 34.8 Å². The topological polar surface area (TPSA) is 69.2 Å². The second-order valence-electron chi connectivity index (χ2n) is 2.88. The molecule has 5 heteroatoms. The van der Waals surface area contributed by atoms with Crippen LogP contribution in [0.3, 0.4) is 0 Å². The fraction of sp³-hybridized carbons (Fsp3) is 0.500. The molecule has 1 aromatic heterocycles. The molecule has 72 valence electrons. The van der Waals surface area contributed by atoms with Crippen LogP contribution in [0.5, 0.6) is 0 Å². The monoisotopic (exact) mass is 183 g/mol. The third-order valence-corrected chi connectivity index (χ3v) is 1.95. The van der Waals surface area contributed by atoms with Crippen LogP contribution in [-0.2, 0) is 0 Å². The molecule has 1 aromatic rings. The first-order chi connectivity index (χ1) is 6.16. The average Bonchev–Trinajstić information content (AvgIpc) is 2.16. The van der Waals surface area contributed by atoms with E-state index in [4.69, 9.17) is 5.11 Å². The van der Waals surface area contributed by atoms with Gasteiger partial charge in [0, 0.05) is 19.4 Å². The summed E-state index contributed by atoms with van der Waals surface area (Å²) in [5.41, 5.74) is -0.245. The zero-order chi connectivity index (χ0) is 9.84. The maximum atomic E-state index is 11.2. The molecule has 0 unspecified atom stereocenters. The molecule has 1 atom stereocenters. The minimum absolute atomic E-state index is 0.00743. The maximum Gasteiger partial charge on any atom is 0.290 e. The van der Waals surface area contributed by atoms with Gasteiger partial charge in [0.1, 0.15) is 0 Å². The Hall–Kier alpha value is -1.36. The number of aliphatic hydroxyl groups excluding tert-OH is 1. The number of aromatic amines is 1. The molecule has 0 radical (unpaired) electrons. The van der Waals surface area contributed by atoms with Gasteiger partial charge >= 0.3 is 0 Å². The van der Waals surface area contributed by atoms with Crippen LogP contribution in [0.2, 0.25) is 0 Å². The van der Waals surface area contributed by atoms with Crippen molar-refractivity contribution >= 4 is 5.82 Å². The maximum absolute atomic E-state index is 11.2. The molecule has 0 aliphatic heterocycles. The molecule has 0 spiro atoms. The highest BCUT2D eigenvalue weighted by atomic mass is 16.3. The van der Waals surface area contributed by atoms with Crippen LogP contribution < -0.4 is 10.5 Å². The normalized spacial score (nSPS) is 12.5. The predicted octanol–water partition coefficient (Wildman–Crippen LogP) is -0.413. The number of anilines is 1. The minimum Gasteiger partial charge on any atom is -0.394 e. The summed E-state index contributed by atoms with van der Waals surface area (Å²) in [6.45, 7) is 1.81. The number of likely N-dealkylation sites (N-methyl/N-ethyl adjacent to an activating group) is 1. The van der Waals surface area contributed by atoms with Crippen molar-refractivity contribution in [3.8, 4) is 0 Å². The van der Waals surface area contributed by atoms with Gasteiger partial charge < -0.3 is 15.0 Å². The summed E-state index contributed by atoms with van der Waals surface area (Å²) in [4.78, 5) is 19.3. The Labute approximate surface area is 76.0 Å². The largest absolute Gasteiger partial charge is 0.394 e. The van der Waals surface area contributed by atoms with Crippen molar-refractivity contribution in [2.24, 2.45) is 0 Å². The molecule has 13 heavy (non-hydrogen) atoms. The number of aliphatic hydroxyl groups is 1. The lowest BCUT2D eigenvalue weighted by atomic mass is 10.3. The quantitative estimate of drug-likeness (QED) is 0.668.